The molecule has 71 heavy (non-hydrogen) atoms. The molecule has 0 rings (SSSR count). The molecule has 0 aliphatic rings. The fourth-order valence-electron chi connectivity index (χ4n) is 7.39. The van der Waals surface area contributed by atoms with Crippen LogP contribution in [-0.2, 0) is 28.6 Å². The first kappa shape index (κ1) is 66.6. The van der Waals surface area contributed by atoms with Gasteiger partial charge in [0.25, 0.3) is 0 Å². The van der Waals surface area contributed by atoms with Gasteiger partial charge in [0, 0.05) is 19.3 Å². The van der Waals surface area contributed by atoms with Gasteiger partial charge in [-0.2, -0.15) is 0 Å². The van der Waals surface area contributed by atoms with E-state index >= 15 is 0 Å². The molecule has 400 valence electrons. The van der Waals surface area contributed by atoms with E-state index in [-0.39, 0.29) is 44.0 Å². The lowest BCUT2D eigenvalue weighted by molar-refractivity contribution is -0.166. The second-order valence-corrected chi connectivity index (χ2v) is 18.4. The van der Waals surface area contributed by atoms with Crippen LogP contribution in [0.2, 0.25) is 0 Å². The van der Waals surface area contributed by atoms with Gasteiger partial charge in [-0.3, -0.25) is 14.4 Å². The van der Waals surface area contributed by atoms with E-state index in [0.29, 0.717) is 19.3 Å². The Morgan fingerprint density at radius 2 is 0.577 bits per heavy atom. The lowest BCUT2D eigenvalue weighted by atomic mass is 10.1. The molecule has 6 nitrogen and oxygen atoms in total. The van der Waals surface area contributed by atoms with Crippen LogP contribution in [0.3, 0.4) is 0 Å². The zero-order valence-corrected chi connectivity index (χ0v) is 45.7. The van der Waals surface area contributed by atoms with E-state index in [9.17, 15) is 14.4 Å². The molecule has 0 amide bonds. The molecule has 0 saturated heterocycles. The van der Waals surface area contributed by atoms with Crippen molar-refractivity contribution >= 4 is 17.9 Å². The van der Waals surface area contributed by atoms with E-state index in [1.54, 1.807) is 0 Å². The number of hydrogen-bond donors (Lipinski definition) is 0. The van der Waals surface area contributed by atoms with Gasteiger partial charge in [-0.15, -0.1) is 0 Å². The van der Waals surface area contributed by atoms with Crippen molar-refractivity contribution in [2.24, 2.45) is 0 Å². The molecule has 0 aromatic heterocycles. The Hall–Kier alpha value is -4.45. The van der Waals surface area contributed by atoms with E-state index in [1.807, 2.05) is 12.2 Å². The maximum atomic E-state index is 12.8. The van der Waals surface area contributed by atoms with E-state index in [0.717, 1.165) is 96.3 Å². The first-order chi connectivity index (χ1) is 35.0. The zero-order valence-electron chi connectivity index (χ0n) is 45.7. The minimum atomic E-state index is -0.836. The summed E-state index contributed by atoms with van der Waals surface area (Å²) in [6.07, 6.45) is 81.7. The topological polar surface area (TPSA) is 78.9 Å². The Labute approximate surface area is 436 Å². The zero-order chi connectivity index (χ0) is 51.4. The van der Waals surface area contributed by atoms with Crippen molar-refractivity contribution in [1.29, 1.82) is 0 Å². The summed E-state index contributed by atoms with van der Waals surface area (Å²) in [4.78, 5) is 38.1. The average molecular weight is 982 g/mol. The molecule has 0 aromatic rings. The van der Waals surface area contributed by atoms with Gasteiger partial charge in [-0.05, 0) is 122 Å². The third-order valence-electron chi connectivity index (χ3n) is 11.6. The fraction of sp³-hybridized carbons (Fsp3) is 0.615. The normalized spacial score (nSPS) is 13.1. The van der Waals surface area contributed by atoms with E-state index in [1.165, 1.54) is 89.9 Å². The standard InChI is InChI=1S/C65H104O6/c1-4-7-10-13-16-19-22-25-28-30-32-34-37-39-42-45-48-51-54-57-63(66)69-60-62(71-65(68)59-56-53-50-47-44-41-36-27-24-21-18-15-12-9-6-3)61-70-64(67)58-55-52-49-46-43-40-38-35-33-31-29-26-23-20-17-14-11-8-5-2/h7,9-10,12,16,18-19,21,25-29,32,34,36,39,42,44,47-48,51,62H,4-6,8,11,13-15,17,20,22-24,30-31,33,35,37-38,40-41,43,45-46,49-50,52-61H2,1-3H3/b10-7-,12-9-,19-16-,21-18-,28-25-,29-26-,34-32-,36-27-,42-39-,47-44-,51-48-/t62-/m1/s1. The minimum Gasteiger partial charge on any atom is -0.462 e. The van der Waals surface area contributed by atoms with Crippen molar-refractivity contribution in [3.63, 3.8) is 0 Å². The summed E-state index contributed by atoms with van der Waals surface area (Å²) in [5.74, 6) is -1.06. The van der Waals surface area contributed by atoms with Crippen LogP contribution in [0.5, 0.6) is 0 Å². The predicted octanol–water partition coefficient (Wildman–Crippen LogP) is 19.4. The number of esters is 3. The first-order valence-corrected chi connectivity index (χ1v) is 28.7. The number of ether oxygens (including phenoxy) is 3. The molecule has 0 saturated carbocycles. The molecular formula is C65H104O6. The van der Waals surface area contributed by atoms with E-state index < -0.39 is 6.10 Å². The summed E-state index contributed by atoms with van der Waals surface area (Å²) < 4.78 is 16.8. The highest BCUT2D eigenvalue weighted by Gasteiger charge is 2.19. The van der Waals surface area contributed by atoms with Crippen molar-refractivity contribution in [3.05, 3.63) is 134 Å². The molecule has 0 aliphatic heterocycles. The largest absolute Gasteiger partial charge is 0.462 e. The van der Waals surface area contributed by atoms with Crippen LogP contribution in [0.15, 0.2) is 134 Å². The third-order valence-corrected chi connectivity index (χ3v) is 11.6. The number of carbonyl (C=O) groups excluding carboxylic acids is 3. The van der Waals surface area contributed by atoms with Crippen molar-refractivity contribution in [2.45, 2.75) is 245 Å². The second kappa shape index (κ2) is 58.1. The summed E-state index contributed by atoms with van der Waals surface area (Å²) in [7, 11) is 0. The molecule has 0 fully saturated rings. The number of carbonyl (C=O) groups is 3. The first-order valence-electron chi connectivity index (χ1n) is 28.7. The SMILES string of the molecule is CC/C=C\C/C=C\C/C=C\C/C=C\C/C=C\C/C=C\CCC(=O)OC[C@H](COC(=O)CCCCCCCCCCC/C=C\CCCCCCCC)OC(=O)CCCC/C=C\C/C=C\C/C=C\C/C=C\CC. The smallest absolute Gasteiger partial charge is 0.306 e. The van der Waals surface area contributed by atoms with Crippen LogP contribution in [-0.4, -0.2) is 37.2 Å². The fourth-order valence-corrected chi connectivity index (χ4v) is 7.39. The number of allylic oxidation sites excluding steroid dienone is 22. The summed E-state index contributed by atoms with van der Waals surface area (Å²) in [5, 5.41) is 0. The van der Waals surface area contributed by atoms with Crippen molar-refractivity contribution in [3.8, 4) is 0 Å². The van der Waals surface area contributed by atoms with Gasteiger partial charge < -0.3 is 14.2 Å². The Kier molecular flexibility index (Phi) is 54.5. The molecule has 0 spiro atoms. The summed E-state index contributed by atoms with van der Waals surface area (Å²) in [6, 6.07) is 0. The van der Waals surface area contributed by atoms with Gasteiger partial charge in [0.2, 0.25) is 0 Å². The predicted molar refractivity (Wildman–Crippen MR) is 306 cm³/mol. The van der Waals surface area contributed by atoms with Crippen molar-refractivity contribution < 1.29 is 28.6 Å². The van der Waals surface area contributed by atoms with Gasteiger partial charge in [0.15, 0.2) is 6.10 Å². The van der Waals surface area contributed by atoms with Gasteiger partial charge in [-0.25, -0.2) is 0 Å². The van der Waals surface area contributed by atoms with Crippen LogP contribution in [0.1, 0.15) is 239 Å². The molecule has 0 unspecified atom stereocenters. The maximum absolute atomic E-state index is 12.8. The Morgan fingerprint density at radius 1 is 0.296 bits per heavy atom. The summed E-state index contributed by atoms with van der Waals surface area (Å²) >= 11 is 0. The molecule has 6 heteroatoms. The van der Waals surface area contributed by atoms with Gasteiger partial charge in [0.05, 0.1) is 0 Å². The molecule has 0 N–H and O–H groups in total. The number of hydrogen-bond acceptors (Lipinski definition) is 6. The lowest BCUT2D eigenvalue weighted by Gasteiger charge is -2.18. The second-order valence-electron chi connectivity index (χ2n) is 18.4. The number of unbranched alkanes of at least 4 members (excludes halogenated alkanes) is 17. The summed E-state index contributed by atoms with van der Waals surface area (Å²) in [6.45, 7) is 6.30. The van der Waals surface area contributed by atoms with Crippen LogP contribution >= 0.6 is 0 Å². The highest BCUT2D eigenvalue weighted by molar-refractivity contribution is 5.71. The van der Waals surface area contributed by atoms with Gasteiger partial charge in [0.1, 0.15) is 13.2 Å². The van der Waals surface area contributed by atoms with Crippen molar-refractivity contribution in [2.75, 3.05) is 13.2 Å². The Bertz CT molecular complexity index is 1550. The average Bonchev–Trinajstić information content (AvgIpc) is 3.37. The molecule has 0 bridgehead atoms. The van der Waals surface area contributed by atoms with Crippen LogP contribution in [0.25, 0.3) is 0 Å². The summed E-state index contributed by atoms with van der Waals surface area (Å²) in [5.41, 5.74) is 0. The highest BCUT2D eigenvalue weighted by atomic mass is 16.6. The molecule has 1 atom stereocenters. The van der Waals surface area contributed by atoms with Crippen LogP contribution in [0, 0.1) is 0 Å². The Balaban J connectivity index is 4.55. The van der Waals surface area contributed by atoms with Gasteiger partial charge in [-0.1, -0.05) is 231 Å². The Morgan fingerprint density at radius 3 is 0.986 bits per heavy atom. The van der Waals surface area contributed by atoms with Crippen LogP contribution < -0.4 is 0 Å². The maximum Gasteiger partial charge on any atom is 0.306 e. The molecule has 0 radical (unpaired) electrons. The number of rotatable bonds is 50. The molecule has 0 aromatic carbocycles. The monoisotopic (exact) mass is 981 g/mol. The van der Waals surface area contributed by atoms with Crippen LogP contribution in [0.4, 0.5) is 0 Å². The highest BCUT2D eigenvalue weighted by Crippen LogP contribution is 2.14. The van der Waals surface area contributed by atoms with Crippen molar-refractivity contribution in [1.82, 2.24) is 0 Å². The molecule has 0 aliphatic carbocycles. The third kappa shape index (κ3) is 56.3. The molecular weight excluding hydrogens is 877 g/mol. The van der Waals surface area contributed by atoms with E-state index in [2.05, 4.69) is 142 Å². The van der Waals surface area contributed by atoms with E-state index in [4.69, 9.17) is 14.2 Å². The molecule has 0 heterocycles. The lowest BCUT2D eigenvalue weighted by Crippen LogP contribution is -2.30. The minimum absolute atomic E-state index is 0.123. The van der Waals surface area contributed by atoms with Gasteiger partial charge >= 0.3 is 17.9 Å². The quantitative estimate of drug-likeness (QED) is 0.0262.